The number of nitrogens with zero attached hydrogens (tertiary/aromatic N) is 1. The Morgan fingerprint density at radius 1 is 1.17 bits per heavy atom. The molecule has 2 rings (SSSR count). The highest BCUT2D eigenvalue weighted by Crippen LogP contribution is 2.14. The maximum atomic E-state index is 13.3. The van der Waals surface area contributed by atoms with Gasteiger partial charge in [-0.15, -0.1) is 0 Å². The van der Waals surface area contributed by atoms with Gasteiger partial charge in [-0.3, -0.25) is 4.98 Å². The predicted octanol–water partition coefficient (Wildman–Crippen LogP) is 2.40. The molecule has 3 nitrogen and oxygen atoms in total. The van der Waals surface area contributed by atoms with Crippen molar-refractivity contribution in [3.05, 3.63) is 59.4 Å². The first-order valence-corrected chi connectivity index (χ1v) is 5.41. The van der Waals surface area contributed by atoms with Gasteiger partial charge in [0.1, 0.15) is 24.0 Å². The van der Waals surface area contributed by atoms with Crippen LogP contribution >= 0.6 is 0 Å². The molecule has 94 valence electrons. The smallest absolute Gasteiger partial charge is 0.138 e. The zero-order valence-corrected chi connectivity index (χ0v) is 9.57. The molecule has 0 spiro atoms. The number of aromatic nitrogens is 1. The van der Waals surface area contributed by atoms with Gasteiger partial charge in [-0.1, -0.05) is 0 Å². The Morgan fingerprint density at radius 3 is 2.67 bits per heavy atom. The second-order valence-corrected chi connectivity index (χ2v) is 3.71. The molecule has 0 saturated heterocycles. The molecule has 0 atom stereocenters. The number of hydrogen-bond acceptors (Lipinski definition) is 3. The highest BCUT2D eigenvalue weighted by Gasteiger charge is 2.05. The van der Waals surface area contributed by atoms with Crippen LogP contribution in [0.3, 0.4) is 0 Å². The summed E-state index contributed by atoms with van der Waals surface area (Å²) < 4.78 is 31.6. The monoisotopic (exact) mass is 250 g/mol. The van der Waals surface area contributed by atoms with Crippen molar-refractivity contribution in [1.29, 1.82) is 0 Å². The van der Waals surface area contributed by atoms with E-state index >= 15 is 0 Å². The Bertz CT molecular complexity index is 529. The van der Waals surface area contributed by atoms with Crippen LogP contribution in [0.4, 0.5) is 8.78 Å². The topological polar surface area (TPSA) is 48.1 Å². The van der Waals surface area contributed by atoms with Crippen LogP contribution in [0.5, 0.6) is 5.75 Å². The first-order valence-electron chi connectivity index (χ1n) is 5.41. The fraction of sp³-hybridized carbons (Fsp3) is 0.154. The molecule has 0 aliphatic heterocycles. The van der Waals surface area contributed by atoms with Gasteiger partial charge in [-0.25, -0.2) is 8.78 Å². The normalized spacial score (nSPS) is 10.4. The lowest BCUT2D eigenvalue weighted by Crippen LogP contribution is -2.02. The van der Waals surface area contributed by atoms with E-state index in [9.17, 15) is 8.78 Å². The molecule has 1 heterocycles. The highest BCUT2D eigenvalue weighted by molar-refractivity contribution is 5.22. The number of hydrogen-bond donors (Lipinski definition) is 1. The Hall–Kier alpha value is -2.01. The van der Waals surface area contributed by atoms with Gasteiger partial charge in [-0.2, -0.15) is 0 Å². The average Bonchev–Trinajstić information content (AvgIpc) is 2.40. The Labute approximate surface area is 103 Å². The number of pyridine rings is 1. The van der Waals surface area contributed by atoms with E-state index in [1.807, 2.05) is 0 Å². The summed E-state index contributed by atoms with van der Waals surface area (Å²) in [6.45, 7) is 0.298. The molecule has 1 aromatic heterocycles. The molecule has 1 aromatic carbocycles. The van der Waals surface area contributed by atoms with Crippen molar-refractivity contribution in [2.24, 2.45) is 5.73 Å². The summed E-state index contributed by atoms with van der Waals surface area (Å²) >= 11 is 0. The van der Waals surface area contributed by atoms with Gasteiger partial charge in [0.25, 0.3) is 0 Å². The third-order valence-corrected chi connectivity index (χ3v) is 2.41. The summed E-state index contributed by atoms with van der Waals surface area (Å²) in [5.74, 6) is -0.509. The van der Waals surface area contributed by atoms with E-state index in [4.69, 9.17) is 10.5 Å². The van der Waals surface area contributed by atoms with Crippen molar-refractivity contribution in [3.63, 3.8) is 0 Å². The van der Waals surface area contributed by atoms with E-state index in [0.29, 0.717) is 12.3 Å². The molecule has 0 radical (unpaired) electrons. The zero-order valence-electron chi connectivity index (χ0n) is 9.57. The Kier molecular flexibility index (Phi) is 3.84. The predicted molar refractivity (Wildman–Crippen MR) is 62.8 cm³/mol. The average molecular weight is 250 g/mol. The molecule has 0 amide bonds. The van der Waals surface area contributed by atoms with Crippen LogP contribution in [0.15, 0.2) is 36.5 Å². The van der Waals surface area contributed by atoms with Crippen molar-refractivity contribution in [1.82, 2.24) is 4.98 Å². The van der Waals surface area contributed by atoms with Crippen LogP contribution in [0.2, 0.25) is 0 Å². The third-order valence-electron chi connectivity index (χ3n) is 2.41. The SMILES string of the molecule is NCc1ccc(OCc2cc(F)ccc2F)cn1. The molecule has 0 unspecified atom stereocenters. The van der Waals surface area contributed by atoms with E-state index in [0.717, 1.165) is 23.9 Å². The molecule has 0 bridgehead atoms. The summed E-state index contributed by atoms with van der Waals surface area (Å²) in [6, 6.07) is 6.65. The fourth-order valence-electron chi connectivity index (χ4n) is 1.43. The van der Waals surface area contributed by atoms with E-state index < -0.39 is 11.6 Å². The van der Waals surface area contributed by atoms with Crippen molar-refractivity contribution in [2.75, 3.05) is 0 Å². The van der Waals surface area contributed by atoms with Crippen LogP contribution in [0, 0.1) is 11.6 Å². The third kappa shape index (κ3) is 3.01. The summed E-state index contributed by atoms with van der Waals surface area (Å²) in [5.41, 5.74) is 6.31. The van der Waals surface area contributed by atoms with Crippen molar-refractivity contribution < 1.29 is 13.5 Å². The minimum Gasteiger partial charge on any atom is -0.487 e. The Morgan fingerprint density at radius 2 is 2.00 bits per heavy atom. The van der Waals surface area contributed by atoms with Crippen molar-refractivity contribution >= 4 is 0 Å². The van der Waals surface area contributed by atoms with E-state index in [-0.39, 0.29) is 12.2 Å². The zero-order chi connectivity index (χ0) is 13.0. The minimum atomic E-state index is -0.497. The largest absolute Gasteiger partial charge is 0.487 e. The standard InChI is InChI=1S/C13H12F2N2O/c14-10-1-4-13(15)9(5-10)8-18-12-3-2-11(6-16)17-7-12/h1-5,7H,6,8,16H2. The first-order chi connectivity index (χ1) is 8.69. The summed E-state index contributed by atoms with van der Waals surface area (Å²) in [7, 11) is 0. The van der Waals surface area contributed by atoms with Gasteiger partial charge in [0.05, 0.1) is 11.9 Å². The summed E-state index contributed by atoms with van der Waals surface area (Å²) in [6.07, 6.45) is 1.50. The molecular formula is C13H12F2N2O. The molecule has 0 fully saturated rings. The molecule has 0 aliphatic carbocycles. The van der Waals surface area contributed by atoms with Crippen LogP contribution < -0.4 is 10.5 Å². The maximum Gasteiger partial charge on any atom is 0.138 e. The molecule has 18 heavy (non-hydrogen) atoms. The summed E-state index contributed by atoms with van der Waals surface area (Å²) in [5, 5.41) is 0. The van der Waals surface area contributed by atoms with Crippen LogP contribution in [0.1, 0.15) is 11.3 Å². The molecule has 2 aromatic rings. The highest BCUT2D eigenvalue weighted by atomic mass is 19.1. The second kappa shape index (κ2) is 5.55. The summed E-state index contributed by atoms with van der Waals surface area (Å²) in [4.78, 5) is 4.03. The van der Waals surface area contributed by atoms with Crippen molar-refractivity contribution in [3.8, 4) is 5.75 Å². The fourth-order valence-corrected chi connectivity index (χ4v) is 1.43. The lowest BCUT2D eigenvalue weighted by molar-refractivity contribution is 0.297. The van der Waals surface area contributed by atoms with E-state index in [1.54, 1.807) is 12.1 Å². The molecule has 0 aliphatic rings. The van der Waals surface area contributed by atoms with Gasteiger partial charge in [0.15, 0.2) is 0 Å². The molecule has 5 heteroatoms. The molecule has 2 N–H and O–H groups in total. The van der Waals surface area contributed by atoms with E-state index in [2.05, 4.69) is 4.98 Å². The number of rotatable bonds is 4. The quantitative estimate of drug-likeness (QED) is 0.906. The van der Waals surface area contributed by atoms with Gasteiger partial charge >= 0.3 is 0 Å². The lowest BCUT2D eigenvalue weighted by Gasteiger charge is -2.07. The van der Waals surface area contributed by atoms with Gasteiger partial charge < -0.3 is 10.5 Å². The van der Waals surface area contributed by atoms with Crippen LogP contribution in [0.25, 0.3) is 0 Å². The molecule has 0 saturated carbocycles. The van der Waals surface area contributed by atoms with E-state index in [1.165, 1.54) is 6.20 Å². The number of benzene rings is 1. The maximum absolute atomic E-state index is 13.3. The van der Waals surface area contributed by atoms with Crippen molar-refractivity contribution in [2.45, 2.75) is 13.2 Å². The van der Waals surface area contributed by atoms with Gasteiger partial charge in [-0.05, 0) is 30.3 Å². The second-order valence-electron chi connectivity index (χ2n) is 3.71. The number of ether oxygens (including phenoxy) is 1. The number of nitrogens with two attached hydrogens (primary N) is 1. The van der Waals surface area contributed by atoms with Crippen LogP contribution in [-0.2, 0) is 13.2 Å². The minimum absolute atomic E-state index is 0.0484. The first kappa shape index (κ1) is 12.4. The van der Waals surface area contributed by atoms with Crippen LogP contribution in [-0.4, -0.2) is 4.98 Å². The van der Waals surface area contributed by atoms with Gasteiger partial charge in [0, 0.05) is 12.1 Å². The Balaban J connectivity index is 2.04. The van der Waals surface area contributed by atoms with Gasteiger partial charge in [0.2, 0.25) is 0 Å². The molecular weight excluding hydrogens is 238 g/mol. The number of halogens is 2. The lowest BCUT2D eigenvalue weighted by atomic mass is 10.2.